The van der Waals surface area contributed by atoms with Crippen LogP contribution in [0.15, 0.2) is 42.5 Å². The van der Waals surface area contributed by atoms with E-state index in [1.54, 1.807) is 29.2 Å². The van der Waals surface area contributed by atoms with Crippen LogP contribution in [-0.2, 0) is 11.2 Å². The molecule has 6 rings (SSSR count). The van der Waals surface area contributed by atoms with E-state index in [0.29, 0.717) is 47.9 Å². The van der Waals surface area contributed by atoms with Crippen LogP contribution in [0.1, 0.15) is 39.3 Å². The molecule has 1 saturated heterocycles. The predicted molar refractivity (Wildman–Crippen MR) is 120 cm³/mol. The molecule has 3 aromatic rings. The first-order chi connectivity index (χ1) is 16.1. The second-order valence-corrected chi connectivity index (χ2v) is 8.45. The van der Waals surface area contributed by atoms with E-state index in [0.717, 1.165) is 29.7 Å². The number of aromatic amines is 1. The molecule has 3 aliphatic rings. The van der Waals surface area contributed by atoms with Crippen molar-refractivity contribution in [1.82, 2.24) is 15.1 Å². The Bertz CT molecular complexity index is 1310. The maximum atomic E-state index is 13.0. The standard InChI is InChI=1S/C24H21N5O4/c30-22(19-12-18(27-28-19)13-3-6-21-14(10-13)7-9-33-21)25-15-4-5-17-16(11-15)24(32)29-8-1-2-20(29)23(31)26-17/h3-6,10-12,20H,1-2,7-9H2,(H,25,30)(H,26,31)(H,27,28)/t20-/m1/s1. The monoisotopic (exact) mass is 443 g/mol. The van der Waals surface area contributed by atoms with Gasteiger partial charge in [0.1, 0.15) is 17.5 Å². The number of hydrogen-bond donors (Lipinski definition) is 3. The highest BCUT2D eigenvalue weighted by Crippen LogP contribution is 2.32. The quantitative estimate of drug-likeness (QED) is 0.576. The normalized spacial score (nSPS) is 18.7. The largest absolute Gasteiger partial charge is 0.493 e. The number of anilines is 2. The van der Waals surface area contributed by atoms with Crippen LogP contribution < -0.4 is 15.4 Å². The lowest BCUT2D eigenvalue weighted by atomic mass is 10.1. The van der Waals surface area contributed by atoms with Gasteiger partial charge < -0.3 is 20.3 Å². The average Bonchev–Trinajstić information content (AvgIpc) is 3.58. The molecule has 3 amide bonds. The molecule has 4 heterocycles. The molecule has 0 radical (unpaired) electrons. The van der Waals surface area contributed by atoms with Crippen molar-refractivity contribution in [2.45, 2.75) is 25.3 Å². The van der Waals surface area contributed by atoms with Gasteiger partial charge in [0.25, 0.3) is 11.8 Å². The van der Waals surface area contributed by atoms with E-state index in [-0.39, 0.29) is 17.7 Å². The van der Waals surface area contributed by atoms with E-state index in [1.165, 1.54) is 0 Å². The van der Waals surface area contributed by atoms with Crippen molar-refractivity contribution in [3.63, 3.8) is 0 Å². The van der Waals surface area contributed by atoms with Gasteiger partial charge in [0.15, 0.2) is 0 Å². The van der Waals surface area contributed by atoms with Crippen molar-refractivity contribution in [1.29, 1.82) is 0 Å². The molecule has 33 heavy (non-hydrogen) atoms. The third-order valence-electron chi connectivity index (χ3n) is 6.39. The first-order valence-corrected chi connectivity index (χ1v) is 11.0. The number of carbonyl (C=O) groups excluding carboxylic acids is 3. The Labute approximate surface area is 189 Å². The third-order valence-corrected chi connectivity index (χ3v) is 6.39. The molecule has 0 aliphatic carbocycles. The van der Waals surface area contributed by atoms with Gasteiger partial charge in [-0.05, 0) is 60.9 Å². The van der Waals surface area contributed by atoms with E-state index in [4.69, 9.17) is 4.74 Å². The lowest BCUT2D eigenvalue weighted by Gasteiger charge is -2.20. The Morgan fingerprint density at radius 2 is 2.06 bits per heavy atom. The maximum absolute atomic E-state index is 13.0. The molecule has 2 aromatic carbocycles. The van der Waals surface area contributed by atoms with Crippen LogP contribution in [0.5, 0.6) is 5.75 Å². The second kappa shape index (κ2) is 7.47. The van der Waals surface area contributed by atoms with Gasteiger partial charge in [-0.25, -0.2) is 0 Å². The summed E-state index contributed by atoms with van der Waals surface area (Å²) in [6, 6.07) is 12.0. The summed E-state index contributed by atoms with van der Waals surface area (Å²) in [5.74, 6) is 0.148. The Balaban J connectivity index is 1.23. The van der Waals surface area contributed by atoms with Crippen molar-refractivity contribution in [2.24, 2.45) is 0 Å². The number of nitrogens with zero attached hydrogens (tertiary/aromatic N) is 2. The number of H-pyrrole nitrogens is 1. The van der Waals surface area contributed by atoms with Crippen molar-refractivity contribution in [3.8, 4) is 17.0 Å². The number of carbonyl (C=O) groups is 3. The Morgan fingerprint density at radius 3 is 2.97 bits per heavy atom. The van der Waals surface area contributed by atoms with Crippen molar-refractivity contribution in [3.05, 3.63) is 59.3 Å². The zero-order valence-corrected chi connectivity index (χ0v) is 17.7. The molecule has 3 aliphatic heterocycles. The van der Waals surface area contributed by atoms with Crippen LogP contribution in [-0.4, -0.2) is 52.0 Å². The van der Waals surface area contributed by atoms with Gasteiger partial charge in [0.2, 0.25) is 5.91 Å². The minimum absolute atomic E-state index is 0.167. The smallest absolute Gasteiger partial charge is 0.273 e. The predicted octanol–water partition coefficient (Wildman–Crippen LogP) is 2.82. The minimum Gasteiger partial charge on any atom is -0.493 e. The Morgan fingerprint density at radius 1 is 1.15 bits per heavy atom. The van der Waals surface area contributed by atoms with Crippen LogP contribution in [0.2, 0.25) is 0 Å². The average molecular weight is 443 g/mol. The van der Waals surface area contributed by atoms with E-state index < -0.39 is 6.04 Å². The molecule has 1 fully saturated rings. The van der Waals surface area contributed by atoms with Crippen molar-refractivity contribution in [2.75, 3.05) is 23.8 Å². The number of ether oxygens (including phenoxy) is 1. The number of aromatic nitrogens is 2. The summed E-state index contributed by atoms with van der Waals surface area (Å²) < 4.78 is 5.54. The summed E-state index contributed by atoms with van der Waals surface area (Å²) in [7, 11) is 0. The maximum Gasteiger partial charge on any atom is 0.273 e. The fourth-order valence-corrected chi connectivity index (χ4v) is 4.69. The summed E-state index contributed by atoms with van der Waals surface area (Å²) in [6.07, 6.45) is 2.32. The van der Waals surface area contributed by atoms with Crippen LogP contribution in [0, 0.1) is 0 Å². The number of fused-ring (bicyclic) bond motifs is 3. The molecule has 1 aromatic heterocycles. The molecular formula is C24H21N5O4. The van der Waals surface area contributed by atoms with Gasteiger partial charge in [-0.2, -0.15) is 5.10 Å². The summed E-state index contributed by atoms with van der Waals surface area (Å²) >= 11 is 0. The molecule has 9 nitrogen and oxygen atoms in total. The first kappa shape index (κ1) is 19.5. The lowest BCUT2D eigenvalue weighted by Crippen LogP contribution is -2.40. The molecule has 0 unspecified atom stereocenters. The van der Waals surface area contributed by atoms with Crippen LogP contribution in [0.3, 0.4) is 0 Å². The van der Waals surface area contributed by atoms with Crippen LogP contribution in [0.25, 0.3) is 11.3 Å². The summed E-state index contributed by atoms with van der Waals surface area (Å²) in [6.45, 7) is 1.23. The highest BCUT2D eigenvalue weighted by molar-refractivity contribution is 6.11. The molecule has 166 valence electrons. The molecule has 3 N–H and O–H groups in total. The molecule has 1 atom stereocenters. The number of nitrogens with one attached hydrogen (secondary N) is 3. The Kier molecular flexibility index (Phi) is 4.42. The van der Waals surface area contributed by atoms with Gasteiger partial charge in [0, 0.05) is 24.2 Å². The van der Waals surface area contributed by atoms with Crippen molar-refractivity contribution < 1.29 is 19.1 Å². The highest BCUT2D eigenvalue weighted by Gasteiger charge is 2.38. The number of rotatable bonds is 3. The SMILES string of the molecule is O=C(Nc1ccc2c(c1)C(=O)N1CCC[C@@H]1C(=O)N2)c1cc(-c2ccc3c(c2)CCO3)n[nH]1. The van der Waals surface area contributed by atoms with Gasteiger partial charge in [-0.3, -0.25) is 19.5 Å². The van der Waals surface area contributed by atoms with Gasteiger partial charge in [-0.15, -0.1) is 0 Å². The van der Waals surface area contributed by atoms with Crippen LogP contribution in [0.4, 0.5) is 11.4 Å². The highest BCUT2D eigenvalue weighted by atomic mass is 16.5. The van der Waals surface area contributed by atoms with E-state index >= 15 is 0 Å². The number of amides is 3. The number of hydrogen-bond acceptors (Lipinski definition) is 5. The van der Waals surface area contributed by atoms with Gasteiger partial charge in [0.05, 0.1) is 23.6 Å². The third kappa shape index (κ3) is 3.32. The summed E-state index contributed by atoms with van der Waals surface area (Å²) in [5.41, 5.74) is 4.29. The topological polar surface area (TPSA) is 116 Å². The number of benzene rings is 2. The fourth-order valence-electron chi connectivity index (χ4n) is 4.69. The molecule has 9 heteroatoms. The first-order valence-electron chi connectivity index (χ1n) is 11.0. The van der Waals surface area contributed by atoms with Gasteiger partial charge >= 0.3 is 0 Å². The van der Waals surface area contributed by atoms with E-state index in [1.807, 2.05) is 18.2 Å². The van der Waals surface area contributed by atoms with Crippen molar-refractivity contribution >= 4 is 29.1 Å². The van der Waals surface area contributed by atoms with Crippen LogP contribution >= 0.6 is 0 Å². The lowest BCUT2D eigenvalue weighted by molar-refractivity contribution is -0.119. The zero-order valence-electron chi connectivity index (χ0n) is 17.7. The van der Waals surface area contributed by atoms with E-state index in [2.05, 4.69) is 20.8 Å². The molecule has 0 spiro atoms. The Hall–Kier alpha value is -4.14. The summed E-state index contributed by atoms with van der Waals surface area (Å²) in [4.78, 5) is 39.9. The van der Waals surface area contributed by atoms with Gasteiger partial charge in [-0.1, -0.05) is 0 Å². The molecular weight excluding hydrogens is 422 g/mol. The van der Waals surface area contributed by atoms with E-state index in [9.17, 15) is 14.4 Å². The fraction of sp³-hybridized carbons (Fsp3) is 0.250. The summed E-state index contributed by atoms with van der Waals surface area (Å²) in [5, 5.41) is 12.7. The molecule has 0 bridgehead atoms. The molecule has 0 saturated carbocycles. The minimum atomic E-state index is -0.433. The zero-order chi connectivity index (χ0) is 22.5. The second-order valence-electron chi connectivity index (χ2n) is 8.45.